The third kappa shape index (κ3) is 4.82. The lowest BCUT2D eigenvalue weighted by molar-refractivity contribution is -0.137. The van der Waals surface area contributed by atoms with Crippen molar-refractivity contribution in [2.24, 2.45) is 0 Å². The van der Waals surface area contributed by atoms with Gasteiger partial charge >= 0.3 is 0 Å². The number of imide groups is 1. The maximum Gasteiger partial charge on any atom is 0.278 e. The zero-order chi connectivity index (χ0) is 23.5. The molecule has 3 aromatic carbocycles. The number of nitrogens with zero attached hydrogens (tertiary/aromatic N) is 1. The van der Waals surface area contributed by atoms with E-state index in [0.29, 0.717) is 16.8 Å². The average molecular weight is 441 g/mol. The summed E-state index contributed by atoms with van der Waals surface area (Å²) in [6.07, 6.45) is 0. The molecule has 0 spiro atoms. The Kier molecular flexibility index (Phi) is 6.31. The summed E-state index contributed by atoms with van der Waals surface area (Å²) in [5, 5.41) is 3.24. The molecule has 1 aliphatic rings. The zero-order valence-corrected chi connectivity index (χ0v) is 19.4. The first-order valence-corrected chi connectivity index (χ1v) is 11.0. The quantitative estimate of drug-likeness (QED) is 0.514. The number of amides is 2. The minimum atomic E-state index is -0.345. The Hall–Kier alpha value is -3.86. The van der Waals surface area contributed by atoms with Crippen LogP contribution in [0.4, 0.5) is 5.69 Å². The number of hydrogen-bond donors (Lipinski definition) is 1. The maximum absolute atomic E-state index is 13.4. The summed E-state index contributed by atoms with van der Waals surface area (Å²) in [4.78, 5) is 28.0. The first kappa shape index (κ1) is 22.3. The maximum atomic E-state index is 13.4. The Bertz CT molecular complexity index is 1230. The van der Waals surface area contributed by atoms with Crippen molar-refractivity contribution in [3.63, 3.8) is 0 Å². The summed E-state index contributed by atoms with van der Waals surface area (Å²) >= 11 is 0. The van der Waals surface area contributed by atoms with E-state index in [1.54, 1.807) is 0 Å². The van der Waals surface area contributed by atoms with Crippen LogP contribution in [-0.2, 0) is 9.59 Å². The largest absolute Gasteiger partial charge is 0.492 e. The van der Waals surface area contributed by atoms with Gasteiger partial charge in [0.15, 0.2) is 0 Å². The molecule has 5 nitrogen and oxygen atoms in total. The van der Waals surface area contributed by atoms with Crippen molar-refractivity contribution in [1.82, 2.24) is 4.90 Å². The minimum Gasteiger partial charge on any atom is -0.492 e. The molecule has 0 aromatic heterocycles. The molecule has 1 N–H and O–H groups in total. The van der Waals surface area contributed by atoms with Crippen LogP contribution in [0.1, 0.15) is 27.8 Å². The summed E-state index contributed by atoms with van der Waals surface area (Å²) in [5.74, 6) is 0.0711. The van der Waals surface area contributed by atoms with Crippen molar-refractivity contribution < 1.29 is 14.3 Å². The van der Waals surface area contributed by atoms with Gasteiger partial charge in [-0.05, 0) is 68.1 Å². The van der Waals surface area contributed by atoms with E-state index < -0.39 is 0 Å². The highest BCUT2D eigenvalue weighted by Crippen LogP contribution is 2.31. The van der Waals surface area contributed by atoms with Crippen LogP contribution in [0.2, 0.25) is 0 Å². The highest BCUT2D eigenvalue weighted by atomic mass is 16.5. The van der Waals surface area contributed by atoms with Crippen LogP contribution in [0.3, 0.4) is 0 Å². The molecular formula is C28H28N2O3. The monoisotopic (exact) mass is 440 g/mol. The molecule has 33 heavy (non-hydrogen) atoms. The highest BCUT2D eigenvalue weighted by molar-refractivity contribution is 6.36. The van der Waals surface area contributed by atoms with Gasteiger partial charge in [-0.15, -0.1) is 0 Å². The SMILES string of the molecule is Cc1cc(C)cc(OCCN2C(=O)C(Nc3ccc(C)cc3C)=C(c3ccccc3)C2=O)c1. The molecule has 0 radical (unpaired) electrons. The van der Waals surface area contributed by atoms with Crippen LogP contribution in [0.25, 0.3) is 5.57 Å². The molecule has 1 aliphatic heterocycles. The van der Waals surface area contributed by atoms with Crippen LogP contribution < -0.4 is 10.1 Å². The topological polar surface area (TPSA) is 58.6 Å². The van der Waals surface area contributed by atoms with Crippen LogP contribution in [0.5, 0.6) is 5.75 Å². The Morgan fingerprint density at radius 3 is 2.15 bits per heavy atom. The van der Waals surface area contributed by atoms with E-state index in [1.807, 2.05) is 88.4 Å². The Morgan fingerprint density at radius 1 is 0.788 bits per heavy atom. The Balaban J connectivity index is 1.59. The van der Waals surface area contributed by atoms with Crippen molar-refractivity contribution in [3.8, 4) is 5.75 Å². The van der Waals surface area contributed by atoms with Gasteiger partial charge in [-0.25, -0.2) is 0 Å². The van der Waals surface area contributed by atoms with Gasteiger partial charge in [0.25, 0.3) is 11.8 Å². The molecule has 4 rings (SSSR count). The number of hydrogen-bond acceptors (Lipinski definition) is 4. The molecule has 0 saturated carbocycles. The number of carbonyl (C=O) groups excluding carboxylic acids is 2. The second kappa shape index (κ2) is 9.33. The van der Waals surface area contributed by atoms with E-state index in [9.17, 15) is 9.59 Å². The Labute approximate surface area is 194 Å². The normalized spacial score (nSPS) is 13.6. The fourth-order valence-electron chi connectivity index (χ4n) is 4.13. The highest BCUT2D eigenvalue weighted by Gasteiger charge is 2.39. The molecule has 0 saturated heterocycles. The van der Waals surface area contributed by atoms with Crippen molar-refractivity contribution in [2.45, 2.75) is 27.7 Å². The van der Waals surface area contributed by atoms with Crippen LogP contribution in [0.15, 0.2) is 72.4 Å². The second-order valence-corrected chi connectivity index (χ2v) is 8.49. The summed E-state index contributed by atoms with van der Waals surface area (Å²) in [6.45, 7) is 8.41. The summed E-state index contributed by atoms with van der Waals surface area (Å²) in [7, 11) is 0. The standard InChI is InChI=1S/C28H28N2O3/c1-18-10-11-24(21(4)15-18)29-26-25(22-8-6-5-7-9-22)27(31)30(28(26)32)12-13-33-23-16-19(2)14-20(3)17-23/h5-11,14-17,29H,12-13H2,1-4H3. The van der Waals surface area contributed by atoms with E-state index >= 15 is 0 Å². The first-order chi connectivity index (χ1) is 15.8. The van der Waals surface area contributed by atoms with Gasteiger partial charge in [-0.1, -0.05) is 54.1 Å². The van der Waals surface area contributed by atoms with Crippen LogP contribution in [-0.4, -0.2) is 29.9 Å². The molecule has 0 bridgehead atoms. The lowest BCUT2D eigenvalue weighted by atomic mass is 10.0. The first-order valence-electron chi connectivity index (χ1n) is 11.0. The van der Waals surface area contributed by atoms with Crippen LogP contribution >= 0.6 is 0 Å². The molecule has 1 heterocycles. The predicted octanol–water partition coefficient (Wildman–Crippen LogP) is 5.19. The average Bonchev–Trinajstić information content (AvgIpc) is 3.00. The smallest absolute Gasteiger partial charge is 0.278 e. The molecule has 5 heteroatoms. The molecule has 0 fully saturated rings. The van der Waals surface area contributed by atoms with Crippen molar-refractivity contribution >= 4 is 23.1 Å². The minimum absolute atomic E-state index is 0.166. The number of benzene rings is 3. The molecular weight excluding hydrogens is 412 g/mol. The fourth-order valence-corrected chi connectivity index (χ4v) is 4.13. The van der Waals surface area contributed by atoms with Crippen LogP contribution in [0, 0.1) is 27.7 Å². The molecule has 2 amide bonds. The number of carbonyl (C=O) groups is 2. The molecule has 168 valence electrons. The van der Waals surface area contributed by atoms with Crippen molar-refractivity contribution in [2.75, 3.05) is 18.5 Å². The Morgan fingerprint density at radius 2 is 1.48 bits per heavy atom. The van der Waals surface area contributed by atoms with Gasteiger partial charge in [-0.2, -0.15) is 0 Å². The molecule has 0 unspecified atom stereocenters. The number of aryl methyl sites for hydroxylation is 4. The number of nitrogens with one attached hydrogen (secondary N) is 1. The third-order valence-corrected chi connectivity index (χ3v) is 5.65. The van der Waals surface area contributed by atoms with E-state index in [1.165, 1.54) is 4.90 Å². The lowest BCUT2D eigenvalue weighted by Crippen LogP contribution is -2.36. The van der Waals surface area contributed by atoms with Crippen molar-refractivity contribution in [1.29, 1.82) is 0 Å². The second-order valence-electron chi connectivity index (χ2n) is 8.49. The van der Waals surface area contributed by atoms with Gasteiger partial charge in [-0.3, -0.25) is 14.5 Å². The molecule has 0 aliphatic carbocycles. The van der Waals surface area contributed by atoms with Gasteiger partial charge in [0, 0.05) is 5.69 Å². The van der Waals surface area contributed by atoms with Gasteiger partial charge < -0.3 is 10.1 Å². The van der Waals surface area contributed by atoms with Gasteiger partial charge in [0.1, 0.15) is 18.1 Å². The van der Waals surface area contributed by atoms with E-state index in [0.717, 1.165) is 33.7 Å². The van der Waals surface area contributed by atoms with Gasteiger partial charge in [0.2, 0.25) is 0 Å². The molecule has 0 atom stereocenters. The van der Waals surface area contributed by atoms with E-state index in [4.69, 9.17) is 4.74 Å². The number of ether oxygens (including phenoxy) is 1. The predicted molar refractivity (Wildman–Crippen MR) is 131 cm³/mol. The summed E-state index contributed by atoms with van der Waals surface area (Å²) < 4.78 is 5.87. The van der Waals surface area contributed by atoms with E-state index in [-0.39, 0.29) is 25.0 Å². The summed E-state index contributed by atoms with van der Waals surface area (Å²) in [6, 6.07) is 21.2. The molecule has 3 aromatic rings. The summed E-state index contributed by atoms with van der Waals surface area (Å²) in [5.41, 5.74) is 6.54. The van der Waals surface area contributed by atoms with Gasteiger partial charge in [0.05, 0.1) is 12.1 Å². The number of anilines is 1. The van der Waals surface area contributed by atoms with Crippen molar-refractivity contribution in [3.05, 3.63) is 100 Å². The lowest BCUT2D eigenvalue weighted by Gasteiger charge is -2.16. The zero-order valence-electron chi connectivity index (χ0n) is 19.4. The number of rotatable bonds is 7. The van der Waals surface area contributed by atoms with E-state index in [2.05, 4.69) is 11.4 Å². The third-order valence-electron chi connectivity index (χ3n) is 5.65. The fraction of sp³-hybridized carbons (Fsp3) is 0.214.